The molecule has 0 aliphatic rings. The Labute approximate surface area is 146 Å². The molecule has 2 aromatic carbocycles. The largest absolute Gasteiger partial charge is 0.497 e. The zero-order valence-corrected chi connectivity index (χ0v) is 14.8. The first-order chi connectivity index (χ1) is 11.7. The molecule has 0 radical (unpaired) electrons. The Morgan fingerprint density at radius 1 is 0.958 bits per heavy atom. The van der Waals surface area contributed by atoms with Gasteiger partial charge in [0.1, 0.15) is 5.75 Å². The SMILES string of the molecule is COc1ccc(SCC(=O)NCc2ccc(OC)c(OC)c2)cc1. The van der Waals surface area contributed by atoms with E-state index in [0.717, 1.165) is 16.2 Å². The van der Waals surface area contributed by atoms with Crippen LogP contribution in [0.1, 0.15) is 5.56 Å². The summed E-state index contributed by atoms with van der Waals surface area (Å²) in [5.41, 5.74) is 0.954. The first-order valence-corrected chi connectivity index (χ1v) is 8.39. The van der Waals surface area contributed by atoms with Gasteiger partial charge in [-0.2, -0.15) is 0 Å². The summed E-state index contributed by atoms with van der Waals surface area (Å²) in [6, 6.07) is 13.2. The van der Waals surface area contributed by atoms with Crippen molar-refractivity contribution in [2.24, 2.45) is 0 Å². The van der Waals surface area contributed by atoms with Gasteiger partial charge in [0.2, 0.25) is 5.91 Å². The molecule has 0 aromatic heterocycles. The van der Waals surface area contributed by atoms with E-state index in [-0.39, 0.29) is 5.91 Å². The highest BCUT2D eigenvalue weighted by Crippen LogP contribution is 2.27. The molecule has 0 unspecified atom stereocenters. The van der Waals surface area contributed by atoms with Crippen LogP contribution in [0.15, 0.2) is 47.4 Å². The van der Waals surface area contributed by atoms with E-state index < -0.39 is 0 Å². The van der Waals surface area contributed by atoms with Gasteiger partial charge in [0.25, 0.3) is 0 Å². The zero-order valence-electron chi connectivity index (χ0n) is 14.0. The third-order valence-electron chi connectivity index (χ3n) is 3.37. The minimum absolute atomic E-state index is 0.0226. The highest BCUT2D eigenvalue weighted by atomic mass is 32.2. The monoisotopic (exact) mass is 347 g/mol. The van der Waals surface area contributed by atoms with Gasteiger partial charge in [0, 0.05) is 11.4 Å². The van der Waals surface area contributed by atoms with E-state index >= 15 is 0 Å². The number of carbonyl (C=O) groups is 1. The van der Waals surface area contributed by atoms with Crippen molar-refractivity contribution in [1.82, 2.24) is 5.32 Å². The smallest absolute Gasteiger partial charge is 0.230 e. The molecule has 1 N–H and O–H groups in total. The van der Waals surface area contributed by atoms with Crippen LogP contribution in [-0.2, 0) is 11.3 Å². The standard InChI is InChI=1S/C18H21NO4S/c1-21-14-5-7-15(8-6-14)24-12-18(20)19-11-13-4-9-16(22-2)17(10-13)23-3/h4-10H,11-12H2,1-3H3,(H,19,20). The predicted octanol–water partition coefficient (Wildman–Crippen LogP) is 3.12. The molecule has 128 valence electrons. The molecule has 1 amide bonds. The summed E-state index contributed by atoms with van der Waals surface area (Å²) in [4.78, 5) is 13.0. The van der Waals surface area contributed by atoms with Crippen LogP contribution in [0.5, 0.6) is 17.2 Å². The van der Waals surface area contributed by atoms with Crippen molar-refractivity contribution in [2.45, 2.75) is 11.4 Å². The van der Waals surface area contributed by atoms with E-state index in [4.69, 9.17) is 14.2 Å². The molecular formula is C18H21NO4S. The Morgan fingerprint density at radius 2 is 1.67 bits per heavy atom. The highest BCUT2D eigenvalue weighted by molar-refractivity contribution is 8.00. The number of benzene rings is 2. The summed E-state index contributed by atoms with van der Waals surface area (Å²) in [5, 5.41) is 2.90. The maximum Gasteiger partial charge on any atom is 0.230 e. The summed E-state index contributed by atoms with van der Waals surface area (Å²) in [6.45, 7) is 0.447. The number of carbonyl (C=O) groups excluding carboxylic acids is 1. The molecule has 5 nitrogen and oxygen atoms in total. The fourth-order valence-corrected chi connectivity index (χ4v) is 2.79. The van der Waals surface area contributed by atoms with Gasteiger partial charge in [-0.15, -0.1) is 11.8 Å². The number of ether oxygens (including phenoxy) is 3. The Hall–Kier alpha value is -2.34. The van der Waals surface area contributed by atoms with Crippen molar-refractivity contribution in [2.75, 3.05) is 27.1 Å². The van der Waals surface area contributed by atoms with Crippen molar-refractivity contribution in [1.29, 1.82) is 0 Å². The van der Waals surface area contributed by atoms with Gasteiger partial charge in [-0.1, -0.05) is 6.07 Å². The second-order valence-electron chi connectivity index (χ2n) is 4.93. The lowest BCUT2D eigenvalue weighted by molar-refractivity contribution is -0.118. The molecule has 2 rings (SSSR count). The topological polar surface area (TPSA) is 56.8 Å². The third kappa shape index (κ3) is 5.09. The Kier molecular flexibility index (Phi) is 6.81. The number of nitrogens with one attached hydrogen (secondary N) is 1. The molecule has 0 bridgehead atoms. The molecule has 0 fully saturated rings. The van der Waals surface area contributed by atoms with Crippen LogP contribution in [0.4, 0.5) is 0 Å². The van der Waals surface area contributed by atoms with Crippen LogP contribution in [0.25, 0.3) is 0 Å². The molecule has 0 aliphatic carbocycles. The summed E-state index contributed by atoms with van der Waals surface area (Å²) in [7, 11) is 4.81. The first-order valence-electron chi connectivity index (χ1n) is 7.40. The quantitative estimate of drug-likeness (QED) is 0.744. The normalized spacial score (nSPS) is 10.1. The number of hydrogen-bond donors (Lipinski definition) is 1. The van der Waals surface area contributed by atoms with E-state index in [1.165, 1.54) is 11.8 Å². The first kappa shape index (κ1) is 18.0. The van der Waals surface area contributed by atoms with Crippen LogP contribution < -0.4 is 19.5 Å². The Morgan fingerprint density at radius 3 is 2.29 bits per heavy atom. The molecular weight excluding hydrogens is 326 g/mol. The molecule has 0 saturated carbocycles. The summed E-state index contributed by atoms with van der Waals surface area (Å²) < 4.78 is 15.6. The molecule has 0 spiro atoms. The predicted molar refractivity (Wildman–Crippen MR) is 95.1 cm³/mol. The van der Waals surface area contributed by atoms with Gasteiger partial charge in [0.15, 0.2) is 11.5 Å². The maximum absolute atomic E-state index is 12.0. The molecule has 6 heteroatoms. The second-order valence-corrected chi connectivity index (χ2v) is 5.98. The van der Waals surface area contributed by atoms with Crippen LogP contribution in [-0.4, -0.2) is 33.0 Å². The second kappa shape index (κ2) is 9.08. The van der Waals surface area contributed by atoms with Gasteiger partial charge in [-0.05, 0) is 42.0 Å². The molecule has 0 saturated heterocycles. The molecule has 24 heavy (non-hydrogen) atoms. The van der Waals surface area contributed by atoms with E-state index in [9.17, 15) is 4.79 Å². The van der Waals surface area contributed by atoms with Crippen LogP contribution in [0.3, 0.4) is 0 Å². The summed E-state index contributed by atoms with van der Waals surface area (Å²) >= 11 is 1.48. The Balaban J connectivity index is 1.82. The van der Waals surface area contributed by atoms with Gasteiger partial charge in [-0.3, -0.25) is 4.79 Å². The molecule has 2 aromatic rings. The average molecular weight is 347 g/mol. The number of rotatable bonds is 8. The molecule has 0 heterocycles. The van der Waals surface area contributed by atoms with E-state index in [2.05, 4.69) is 5.32 Å². The van der Waals surface area contributed by atoms with Crippen LogP contribution in [0, 0.1) is 0 Å². The minimum atomic E-state index is -0.0226. The van der Waals surface area contributed by atoms with Crippen LogP contribution >= 0.6 is 11.8 Å². The van der Waals surface area contributed by atoms with Crippen molar-refractivity contribution in [3.05, 3.63) is 48.0 Å². The molecule has 0 atom stereocenters. The van der Waals surface area contributed by atoms with Gasteiger partial charge >= 0.3 is 0 Å². The third-order valence-corrected chi connectivity index (χ3v) is 4.38. The van der Waals surface area contributed by atoms with Crippen molar-refractivity contribution < 1.29 is 19.0 Å². The maximum atomic E-state index is 12.0. The van der Waals surface area contributed by atoms with E-state index in [1.807, 2.05) is 42.5 Å². The average Bonchev–Trinajstić information content (AvgIpc) is 2.64. The summed E-state index contributed by atoms with van der Waals surface area (Å²) in [6.07, 6.45) is 0. The van der Waals surface area contributed by atoms with Crippen molar-refractivity contribution in [3.63, 3.8) is 0 Å². The fourth-order valence-electron chi connectivity index (χ4n) is 2.06. The Bertz CT molecular complexity index is 673. The minimum Gasteiger partial charge on any atom is -0.497 e. The fraction of sp³-hybridized carbons (Fsp3) is 0.278. The summed E-state index contributed by atoms with van der Waals surface area (Å²) in [5.74, 6) is 2.46. The van der Waals surface area contributed by atoms with Gasteiger partial charge in [0.05, 0.1) is 27.1 Å². The number of thioether (sulfide) groups is 1. The lowest BCUT2D eigenvalue weighted by atomic mass is 10.2. The van der Waals surface area contributed by atoms with Crippen LogP contribution in [0.2, 0.25) is 0 Å². The van der Waals surface area contributed by atoms with Crippen molar-refractivity contribution in [3.8, 4) is 17.2 Å². The number of methoxy groups -OCH3 is 3. The van der Waals surface area contributed by atoms with Crippen molar-refractivity contribution >= 4 is 17.7 Å². The van der Waals surface area contributed by atoms with Gasteiger partial charge < -0.3 is 19.5 Å². The highest BCUT2D eigenvalue weighted by Gasteiger charge is 2.07. The molecule has 0 aliphatic heterocycles. The lowest BCUT2D eigenvalue weighted by Gasteiger charge is -2.10. The van der Waals surface area contributed by atoms with E-state index in [1.54, 1.807) is 21.3 Å². The number of hydrogen-bond acceptors (Lipinski definition) is 5. The lowest BCUT2D eigenvalue weighted by Crippen LogP contribution is -2.24. The number of amides is 1. The van der Waals surface area contributed by atoms with E-state index in [0.29, 0.717) is 23.8 Å². The zero-order chi connectivity index (χ0) is 17.4. The van der Waals surface area contributed by atoms with Gasteiger partial charge in [-0.25, -0.2) is 0 Å².